The van der Waals surface area contributed by atoms with E-state index in [1.165, 1.54) is 18.3 Å². The van der Waals surface area contributed by atoms with Gasteiger partial charge in [-0.25, -0.2) is 4.39 Å². The van der Waals surface area contributed by atoms with Crippen molar-refractivity contribution in [2.45, 2.75) is 13.8 Å². The highest BCUT2D eigenvalue weighted by Gasteiger charge is 2.05. The molecule has 4 nitrogen and oxygen atoms in total. The van der Waals surface area contributed by atoms with Crippen molar-refractivity contribution in [1.29, 1.82) is 10.5 Å². The van der Waals surface area contributed by atoms with Crippen molar-refractivity contribution in [3.05, 3.63) is 35.8 Å². The number of benzene rings is 1. The Morgan fingerprint density at radius 2 is 2.11 bits per heavy atom. The molecule has 5 heteroatoms. The molecule has 98 valence electrons. The van der Waals surface area contributed by atoms with Gasteiger partial charge < -0.3 is 10.1 Å². The lowest BCUT2D eigenvalue weighted by molar-refractivity contribution is 0.259. The topological polar surface area (TPSA) is 68.8 Å². The lowest BCUT2D eigenvalue weighted by Gasteiger charge is -2.10. The highest BCUT2D eigenvalue weighted by Crippen LogP contribution is 2.21. The standard InChI is InChI=1S/C14H14FN3O/c1-10(2)9-19-14-4-3-12(5-13(14)15)18-8-11(6-16)7-17/h3-5,8,10,18H,9H2,1-2H3. The van der Waals surface area contributed by atoms with Crippen LogP contribution in [0.4, 0.5) is 10.1 Å². The smallest absolute Gasteiger partial charge is 0.167 e. The summed E-state index contributed by atoms with van der Waals surface area (Å²) in [4.78, 5) is 0. The van der Waals surface area contributed by atoms with Gasteiger partial charge in [0.15, 0.2) is 11.6 Å². The fraction of sp³-hybridized carbons (Fsp3) is 0.286. The van der Waals surface area contributed by atoms with Gasteiger partial charge in [-0.1, -0.05) is 13.8 Å². The molecule has 0 radical (unpaired) electrons. The Bertz CT molecular complexity index is 537. The van der Waals surface area contributed by atoms with Gasteiger partial charge in [-0.15, -0.1) is 0 Å². The molecule has 0 atom stereocenters. The van der Waals surface area contributed by atoms with Crippen molar-refractivity contribution in [1.82, 2.24) is 0 Å². The van der Waals surface area contributed by atoms with Gasteiger partial charge in [0.1, 0.15) is 17.7 Å². The maximum absolute atomic E-state index is 13.7. The predicted octanol–water partition coefficient (Wildman–Crippen LogP) is 3.20. The summed E-state index contributed by atoms with van der Waals surface area (Å²) < 4.78 is 19.0. The van der Waals surface area contributed by atoms with Gasteiger partial charge in [0.05, 0.1) is 6.61 Å². The molecule has 0 bridgehead atoms. The molecule has 19 heavy (non-hydrogen) atoms. The van der Waals surface area contributed by atoms with E-state index in [0.717, 1.165) is 0 Å². The van der Waals surface area contributed by atoms with E-state index < -0.39 is 5.82 Å². The van der Waals surface area contributed by atoms with Crippen LogP contribution < -0.4 is 10.1 Å². The molecule has 0 aliphatic carbocycles. The molecular weight excluding hydrogens is 245 g/mol. The summed E-state index contributed by atoms with van der Waals surface area (Å²) in [6.07, 6.45) is 1.23. The lowest BCUT2D eigenvalue weighted by atomic mass is 10.2. The second-order valence-electron chi connectivity index (χ2n) is 4.28. The van der Waals surface area contributed by atoms with E-state index in [1.54, 1.807) is 18.2 Å². The molecule has 0 unspecified atom stereocenters. The molecule has 0 aromatic heterocycles. The van der Waals surface area contributed by atoms with Crippen LogP contribution >= 0.6 is 0 Å². The minimum Gasteiger partial charge on any atom is -0.490 e. The van der Waals surface area contributed by atoms with E-state index in [-0.39, 0.29) is 11.3 Å². The first-order chi connectivity index (χ1) is 9.06. The molecular formula is C14H14FN3O. The first-order valence-electron chi connectivity index (χ1n) is 5.76. The van der Waals surface area contributed by atoms with Crippen molar-refractivity contribution in [2.75, 3.05) is 11.9 Å². The van der Waals surface area contributed by atoms with Crippen LogP contribution in [0.2, 0.25) is 0 Å². The SMILES string of the molecule is CC(C)COc1ccc(NC=C(C#N)C#N)cc1F. The summed E-state index contributed by atoms with van der Waals surface area (Å²) in [5, 5.41) is 19.8. The summed E-state index contributed by atoms with van der Waals surface area (Å²) in [5.41, 5.74) is 0.359. The monoisotopic (exact) mass is 259 g/mol. The average Bonchev–Trinajstić information content (AvgIpc) is 2.38. The molecule has 0 heterocycles. The maximum Gasteiger partial charge on any atom is 0.167 e. The Morgan fingerprint density at radius 3 is 2.63 bits per heavy atom. The number of anilines is 1. The van der Waals surface area contributed by atoms with Crippen LogP contribution in [0, 0.1) is 34.4 Å². The number of nitrogens with zero attached hydrogens (tertiary/aromatic N) is 2. The van der Waals surface area contributed by atoms with Gasteiger partial charge in [-0.2, -0.15) is 10.5 Å². The van der Waals surface area contributed by atoms with E-state index in [2.05, 4.69) is 5.32 Å². The maximum atomic E-state index is 13.7. The van der Waals surface area contributed by atoms with Gasteiger partial charge in [-0.05, 0) is 18.1 Å². The number of hydrogen-bond acceptors (Lipinski definition) is 4. The third kappa shape index (κ3) is 4.69. The van der Waals surface area contributed by atoms with Crippen molar-refractivity contribution in [2.24, 2.45) is 5.92 Å². The van der Waals surface area contributed by atoms with E-state index in [1.807, 2.05) is 13.8 Å². The third-order valence-corrected chi connectivity index (χ3v) is 2.13. The zero-order valence-electron chi connectivity index (χ0n) is 10.8. The second-order valence-corrected chi connectivity index (χ2v) is 4.28. The zero-order valence-corrected chi connectivity index (χ0v) is 10.8. The second kappa shape index (κ2) is 7.03. The molecule has 0 saturated heterocycles. The molecule has 0 amide bonds. The Balaban J connectivity index is 2.75. The minimum absolute atomic E-state index is 0.0828. The number of rotatable bonds is 5. The van der Waals surface area contributed by atoms with Gasteiger partial charge in [0.25, 0.3) is 0 Å². The summed E-state index contributed by atoms with van der Waals surface area (Å²) in [6, 6.07) is 7.77. The Hall–Kier alpha value is -2.53. The first-order valence-corrected chi connectivity index (χ1v) is 5.76. The van der Waals surface area contributed by atoms with E-state index in [9.17, 15) is 4.39 Å². The van der Waals surface area contributed by atoms with Gasteiger partial charge in [0, 0.05) is 18.0 Å². The quantitative estimate of drug-likeness (QED) is 0.824. The summed E-state index contributed by atoms with van der Waals surface area (Å²) in [6.45, 7) is 4.39. The molecule has 0 spiro atoms. The molecule has 1 rings (SSSR count). The highest BCUT2D eigenvalue weighted by molar-refractivity contribution is 5.51. The average molecular weight is 259 g/mol. The number of ether oxygens (including phenoxy) is 1. The van der Waals surface area contributed by atoms with Gasteiger partial charge in [-0.3, -0.25) is 0 Å². The summed E-state index contributed by atoms with van der Waals surface area (Å²) in [7, 11) is 0. The number of nitriles is 2. The normalized spacial score (nSPS) is 9.37. The number of allylic oxidation sites excluding steroid dienone is 1. The molecule has 0 fully saturated rings. The van der Waals surface area contributed by atoms with E-state index in [0.29, 0.717) is 18.2 Å². The predicted molar refractivity (Wildman–Crippen MR) is 69.7 cm³/mol. The zero-order chi connectivity index (χ0) is 14.3. The van der Waals surface area contributed by atoms with Gasteiger partial charge in [0.2, 0.25) is 0 Å². The van der Waals surface area contributed by atoms with Crippen LogP contribution in [-0.2, 0) is 0 Å². The number of nitrogens with one attached hydrogen (secondary N) is 1. The fourth-order valence-corrected chi connectivity index (χ4v) is 1.21. The molecule has 1 aromatic carbocycles. The Labute approximate surface area is 111 Å². The van der Waals surface area contributed by atoms with Gasteiger partial charge >= 0.3 is 0 Å². The van der Waals surface area contributed by atoms with Crippen molar-refractivity contribution in [3.63, 3.8) is 0 Å². The highest BCUT2D eigenvalue weighted by atomic mass is 19.1. The van der Waals surface area contributed by atoms with Crippen LogP contribution in [0.3, 0.4) is 0 Å². The van der Waals surface area contributed by atoms with Crippen molar-refractivity contribution in [3.8, 4) is 17.9 Å². The largest absolute Gasteiger partial charge is 0.490 e. The number of hydrogen-bond donors (Lipinski definition) is 1. The van der Waals surface area contributed by atoms with E-state index in [4.69, 9.17) is 15.3 Å². The Kier molecular flexibility index (Phi) is 5.37. The van der Waals surface area contributed by atoms with Crippen molar-refractivity contribution < 1.29 is 9.13 Å². The van der Waals surface area contributed by atoms with Crippen LogP contribution in [0.1, 0.15) is 13.8 Å². The summed E-state index contributed by atoms with van der Waals surface area (Å²) in [5.74, 6) is 0.00693. The fourth-order valence-electron chi connectivity index (χ4n) is 1.21. The first kappa shape index (κ1) is 14.5. The van der Waals surface area contributed by atoms with Crippen LogP contribution in [0.25, 0.3) is 0 Å². The molecule has 0 aliphatic rings. The van der Waals surface area contributed by atoms with Crippen molar-refractivity contribution >= 4 is 5.69 Å². The van der Waals surface area contributed by atoms with Crippen LogP contribution in [0.5, 0.6) is 5.75 Å². The summed E-state index contributed by atoms with van der Waals surface area (Å²) >= 11 is 0. The third-order valence-electron chi connectivity index (χ3n) is 2.13. The Morgan fingerprint density at radius 1 is 1.42 bits per heavy atom. The molecule has 1 aromatic rings. The molecule has 0 saturated carbocycles. The molecule has 1 N–H and O–H groups in total. The minimum atomic E-state index is -0.491. The molecule has 0 aliphatic heterocycles. The number of halogens is 1. The lowest BCUT2D eigenvalue weighted by Crippen LogP contribution is -2.05. The van der Waals surface area contributed by atoms with Crippen LogP contribution in [0.15, 0.2) is 30.0 Å². The van der Waals surface area contributed by atoms with Crippen LogP contribution in [-0.4, -0.2) is 6.61 Å². The van der Waals surface area contributed by atoms with E-state index >= 15 is 0 Å².